The zero-order chi connectivity index (χ0) is 7.72. The van der Waals surface area contributed by atoms with Gasteiger partial charge in [-0.3, -0.25) is 0 Å². The van der Waals surface area contributed by atoms with Gasteiger partial charge in [0.05, 0.1) is 0 Å². The minimum Gasteiger partial charge on any atom is -0.390 e. The van der Waals surface area contributed by atoms with Gasteiger partial charge in [0.25, 0.3) is 0 Å². The van der Waals surface area contributed by atoms with E-state index >= 15 is 0 Å². The molecule has 10 heavy (non-hydrogen) atoms. The Morgan fingerprint density at radius 3 is 2.40 bits per heavy atom. The molecule has 0 aliphatic heterocycles. The number of H-pyrrole nitrogens is 1. The molecular formula is C3HBr2N3O2. The number of halogens is 2. The van der Waals surface area contributed by atoms with E-state index < -0.39 is 4.92 Å². The zero-order valence-electron chi connectivity index (χ0n) is 4.47. The van der Waals surface area contributed by atoms with Crippen molar-refractivity contribution in [1.82, 2.24) is 9.97 Å². The third-order valence-corrected chi connectivity index (χ3v) is 2.46. The molecule has 0 unspecified atom stereocenters. The van der Waals surface area contributed by atoms with E-state index in [1.54, 1.807) is 0 Å². The van der Waals surface area contributed by atoms with Crippen LogP contribution in [0.5, 0.6) is 0 Å². The molecule has 0 aliphatic rings. The van der Waals surface area contributed by atoms with Crippen LogP contribution in [0, 0.1) is 10.1 Å². The van der Waals surface area contributed by atoms with Crippen LogP contribution < -0.4 is 0 Å². The van der Waals surface area contributed by atoms with Crippen LogP contribution in [0.15, 0.2) is 9.21 Å². The van der Waals surface area contributed by atoms with E-state index in [1.165, 1.54) is 0 Å². The number of hydrogen-bond acceptors (Lipinski definition) is 3. The molecule has 1 heterocycles. The van der Waals surface area contributed by atoms with Gasteiger partial charge in [0.1, 0.15) is 0 Å². The molecule has 0 saturated carbocycles. The largest absolute Gasteiger partial charge is 0.434 e. The molecule has 0 aromatic carbocycles. The van der Waals surface area contributed by atoms with Crippen molar-refractivity contribution in [3.8, 4) is 0 Å². The molecule has 0 bridgehead atoms. The van der Waals surface area contributed by atoms with Crippen LogP contribution in [-0.2, 0) is 0 Å². The first-order valence-electron chi connectivity index (χ1n) is 2.16. The van der Waals surface area contributed by atoms with E-state index in [9.17, 15) is 10.1 Å². The van der Waals surface area contributed by atoms with Gasteiger partial charge in [-0.15, -0.1) is 0 Å². The second-order valence-electron chi connectivity index (χ2n) is 1.42. The molecule has 5 nitrogen and oxygen atoms in total. The van der Waals surface area contributed by atoms with Gasteiger partial charge < -0.3 is 10.1 Å². The molecule has 1 rings (SSSR count). The second-order valence-corrected chi connectivity index (χ2v) is 2.97. The second kappa shape index (κ2) is 2.67. The van der Waals surface area contributed by atoms with E-state index in [1.807, 2.05) is 0 Å². The third-order valence-electron chi connectivity index (χ3n) is 0.780. The highest BCUT2D eigenvalue weighted by Crippen LogP contribution is 2.22. The number of imidazole rings is 1. The normalized spacial score (nSPS) is 9.80. The summed E-state index contributed by atoms with van der Waals surface area (Å²) in [5.74, 6) is -0.279. The van der Waals surface area contributed by atoms with Crippen molar-refractivity contribution in [2.45, 2.75) is 0 Å². The van der Waals surface area contributed by atoms with E-state index in [0.29, 0.717) is 9.21 Å². The van der Waals surface area contributed by atoms with Gasteiger partial charge in [0.15, 0.2) is 4.60 Å². The van der Waals surface area contributed by atoms with Gasteiger partial charge in [0, 0.05) is 0 Å². The lowest BCUT2D eigenvalue weighted by molar-refractivity contribution is -0.393. The van der Waals surface area contributed by atoms with Crippen molar-refractivity contribution < 1.29 is 4.92 Å². The first-order chi connectivity index (χ1) is 4.61. The van der Waals surface area contributed by atoms with Crippen molar-refractivity contribution >= 4 is 37.8 Å². The summed E-state index contributed by atoms with van der Waals surface area (Å²) >= 11 is 6.01. The number of nitro groups is 1. The number of nitrogens with one attached hydrogen (secondary N) is 1. The maximum atomic E-state index is 10.0. The SMILES string of the molecule is O=[N+]([O-])c1nc(Br)c(Br)[nH]1. The topological polar surface area (TPSA) is 71.8 Å². The van der Waals surface area contributed by atoms with Crippen molar-refractivity contribution in [2.24, 2.45) is 0 Å². The fourth-order valence-corrected chi connectivity index (χ4v) is 0.939. The van der Waals surface area contributed by atoms with Gasteiger partial charge in [-0.05, 0) is 36.8 Å². The van der Waals surface area contributed by atoms with Crippen LogP contribution >= 0.6 is 31.9 Å². The highest BCUT2D eigenvalue weighted by atomic mass is 79.9. The summed E-state index contributed by atoms with van der Waals surface area (Å²) in [6.07, 6.45) is 0. The number of rotatable bonds is 1. The maximum Gasteiger partial charge on any atom is 0.434 e. The van der Waals surface area contributed by atoms with Crippen LogP contribution in [0.1, 0.15) is 0 Å². The smallest absolute Gasteiger partial charge is 0.390 e. The summed E-state index contributed by atoms with van der Waals surface area (Å²) in [5.41, 5.74) is 0. The first kappa shape index (κ1) is 7.67. The quantitative estimate of drug-likeness (QED) is 0.625. The van der Waals surface area contributed by atoms with Gasteiger partial charge in [-0.2, -0.15) is 0 Å². The summed E-state index contributed by atoms with van der Waals surface area (Å²) < 4.78 is 0.874. The van der Waals surface area contributed by atoms with Crippen LogP contribution in [-0.4, -0.2) is 14.9 Å². The van der Waals surface area contributed by atoms with E-state index in [2.05, 4.69) is 41.8 Å². The summed E-state index contributed by atoms with van der Waals surface area (Å²) in [6.45, 7) is 0. The molecular weight excluding hydrogens is 270 g/mol. The van der Waals surface area contributed by atoms with Crippen LogP contribution in [0.25, 0.3) is 0 Å². The van der Waals surface area contributed by atoms with E-state index in [-0.39, 0.29) is 5.95 Å². The predicted octanol–water partition coefficient (Wildman–Crippen LogP) is 1.84. The van der Waals surface area contributed by atoms with Gasteiger partial charge >= 0.3 is 5.95 Å². The summed E-state index contributed by atoms with van der Waals surface area (Å²) in [7, 11) is 0. The molecule has 1 aromatic rings. The molecule has 7 heteroatoms. The van der Waals surface area contributed by atoms with Crippen LogP contribution in [0.2, 0.25) is 0 Å². The van der Waals surface area contributed by atoms with Crippen molar-refractivity contribution in [2.75, 3.05) is 0 Å². The minimum atomic E-state index is -0.602. The number of hydrogen-bond donors (Lipinski definition) is 1. The average Bonchev–Trinajstić information content (AvgIpc) is 2.13. The number of nitrogens with zero attached hydrogens (tertiary/aromatic N) is 2. The fourth-order valence-electron chi connectivity index (χ4n) is 0.406. The number of aromatic amines is 1. The summed E-state index contributed by atoms with van der Waals surface area (Å²) in [6, 6.07) is 0. The molecule has 0 spiro atoms. The Labute approximate surface area is 72.2 Å². The number of aromatic nitrogens is 2. The molecule has 1 aromatic heterocycles. The third kappa shape index (κ3) is 1.35. The molecule has 0 fully saturated rings. The maximum absolute atomic E-state index is 10.0. The average molecular weight is 271 g/mol. The lowest BCUT2D eigenvalue weighted by Crippen LogP contribution is -1.88. The van der Waals surface area contributed by atoms with Crippen molar-refractivity contribution in [1.29, 1.82) is 0 Å². The molecule has 0 aliphatic carbocycles. The Hall–Kier alpha value is -0.430. The molecule has 54 valence electrons. The van der Waals surface area contributed by atoms with Crippen molar-refractivity contribution in [3.05, 3.63) is 19.3 Å². The Morgan fingerprint density at radius 1 is 1.60 bits per heavy atom. The highest BCUT2D eigenvalue weighted by Gasteiger charge is 2.14. The zero-order valence-corrected chi connectivity index (χ0v) is 7.64. The van der Waals surface area contributed by atoms with E-state index in [4.69, 9.17) is 0 Å². The fraction of sp³-hybridized carbons (Fsp3) is 0. The summed E-state index contributed by atoms with van der Waals surface area (Å²) in [4.78, 5) is 15.4. The molecule has 0 saturated heterocycles. The highest BCUT2D eigenvalue weighted by molar-refractivity contribution is 9.13. The Balaban J connectivity index is 3.10. The van der Waals surface area contributed by atoms with Crippen LogP contribution in [0.3, 0.4) is 0 Å². The standard InChI is InChI=1S/C3HBr2N3O2/c4-1-2(5)7-3(6-1)8(9)10/h(H,6,7). The van der Waals surface area contributed by atoms with Crippen LogP contribution in [0.4, 0.5) is 5.95 Å². The lowest BCUT2D eigenvalue weighted by atomic mass is 11.0. The summed E-state index contributed by atoms with van der Waals surface area (Å²) in [5, 5.41) is 10.0. The Kier molecular flexibility index (Phi) is 2.05. The van der Waals surface area contributed by atoms with Crippen molar-refractivity contribution in [3.63, 3.8) is 0 Å². The van der Waals surface area contributed by atoms with E-state index in [0.717, 1.165) is 0 Å². The van der Waals surface area contributed by atoms with Gasteiger partial charge in [-0.1, -0.05) is 4.98 Å². The van der Waals surface area contributed by atoms with Gasteiger partial charge in [-0.25, -0.2) is 4.98 Å². The Bertz CT molecular complexity index is 251. The molecule has 1 N–H and O–H groups in total. The minimum absolute atomic E-state index is 0.279. The van der Waals surface area contributed by atoms with Gasteiger partial charge in [0.2, 0.25) is 4.60 Å². The molecule has 0 amide bonds. The first-order valence-corrected chi connectivity index (χ1v) is 3.75. The molecule has 0 radical (unpaired) electrons. The Morgan fingerprint density at radius 2 is 2.20 bits per heavy atom. The lowest BCUT2D eigenvalue weighted by Gasteiger charge is -1.84. The monoisotopic (exact) mass is 269 g/mol. The molecule has 0 atom stereocenters. The predicted molar refractivity (Wildman–Crippen MR) is 40.6 cm³/mol.